The lowest BCUT2D eigenvalue weighted by Crippen LogP contribution is -2.31. The van der Waals surface area contributed by atoms with E-state index in [2.05, 4.69) is 10.6 Å². The summed E-state index contributed by atoms with van der Waals surface area (Å²) in [7, 11) is 1.61. The van der Waals surface area contributed by atoms with E-state index in [4.69, 9.17) is 4.74 Å². The number of ketones is 1. The van der Waals surface area contributed by atoms with Crippen LogP contribution in [0.2, 0.25) is 0 Å². The molecule has 2 N–H and O–H groups in total. The van der Waals surface area contributed by atoms with Crippen molar-refractivity contribution < 1.29 is 14.3 Å². The molecule has 0 fully saturated rings. The number of carbonyl (C=O) groups excluding carboxylic acids is 2. The molecule has 0 aliphatic rings. The smallest absolute Gasteiger partial charge is 0.246 e. The van der Waals surface area contributed by atoms with Crippen molar-refractivity contribution in [2.24, 2.45) is 0 Å². The second kappa shape index (κ2) is 7.45. The van der Waals surface area contributed by atoms with Gasteiger partial charge in [-0.1, -0.05) is 0 Å². The first-order valence-electron chi connectivity index (χ1n) is 7.32. The third-order valence-corrected chi connectivity index (χ3v) is 3.43. The zero-order chi connectivity index (χ0) is 16.8. The molecule has 0 spiro atoms. The van der Waals surface area contributed by atoms with Crippen molar-refractivity contribution in [1.82, 2.24) is 0 Å². The fourth-order valence-corrected chi connectivity index (χ4v) is 2.04. The van der Waals surface area contributed by atoms with E-state index in [9.17, 15) is 9.59 Å². The van der Waals surface area contributed by atoms with Gasteiger partial charge in [0.25, 0.3) is 0 Å². The molecule has 2 aromatic rings. The second-order valence-electron chi connectivity index (χ2n) is 5.22. The first-order chi connectivity index (χ1) is 11.0. The lowest BCUT2D eigenvalue weighted by atomic mass is 10.1. The molecule has 23 heavy (non-hydrogen) atoms. The highest BCUT2D eigenvalue weighted by atomic mass is 16.5. The zero-order valence-corrected chi connectivity index (χ0v) is 13.4. The fraction of sp³-hybridized carbons (Fsp3) is 0.222. The average molecular weight is 312 g/mol. The summed E-state index contributed by atoms with van der Waals surface area (Å²) in [6.07, 6.45) is 0. The number of nitrogens with one attached hydrogen (secondary N) is 2. The number of amides is 1. The summed E-state index contributed by atoms with van der Waals surface area (Å²) in [6, 6.07) is 13.8. The average Bonchev–Trinajstić information content (AvgIpc) is 2.56. The molecule has 2 aromatic carbocycles. The molecule has 0 radical (unpaired) electrons. The summed E-state index contributed by atoms with van der Waals surface area (Å²) in [5, 5.41) is 5.93. The van der Waals surface area contributed by atoms with Gasteiger partial charge in [0.2, 0.25) is 5.91 Å². The van der Waals surface area contributed by atoms with Crippen molar-refractivity contribution >= 4 is 23.1 Å². The first-order valence-corrected chi connectivity index (χ1v) is 7.32. The van der Waals surface area contributed by atoms with Crippen LogP contribution in [-0.2, 0) is 4.79 Å². The highest BCUT2D eigenvalue weighted by Crippen LogP contribution is 2.16. The molecular formula is C18H20N2O3. The molecule has 1 amide bonds. The number of rotatable bonds is 6. The molecule has 0 saturated carbocycles. The van der Waals surface area contributed by atoms with Crippen molar-refractivity contribution in [2.45, 2.75) is 19.9 Å². The molecule has 5 nitrogen and oxygen atoms in total. The van der Waals surface area contributed by atoms with E-state index in [1.54, 1.807) is 38.3 Å². The van der Waals surface area contributed by atoms with E-state index < -0.39 is 6.04 Å². The Morgan fingerprint density at radius 3 is 2.04 bits per heavy atom. The van der Waals surface area contributed by atoms with Crippen LogP contribution in [-0.4, -0.2) is 24.8 Å². The lowest BCUT2D eigenvalue weighted by Gasteiger charge is -2.15. The van der Waals surface area contributed by atoms with E-state index in [1.165, 1.54) is 6.92 Å². The minimum atomic E-state index is -0.407. The predicted molar refractivity (Wildman–Crippen MR) is 91.2 cm³/mol. The number of ether oxygens (including phenoxy) is 1. The molecule has 0 saturated heterocycles. The normalized spacial score (nSPS) is 11.4. The maximum Gasteiger partial charge on any atom is 0.246 e. The Morgan fingerprint density at radius 2 is 1.52 bits per heavy atom. The van der Waals surface area contributed by atoms with E-state index in [0.717, 1.165) is 11.4 Å². The minimum absolute atomic E-state index is 0.00239. The standard InChI is InChI=1S/C18H20N2O3/c1-12(19-15-8-10-17(23-3)11-9-15)18(22)20-16-6-4-14(5-7-16)13(2)21/h4-12,19H,1-3H3,(H,20,22)/t12-/m0/s1. The Morgan fingerprint density at radius 1 is 0.957 bits per heavy atom. The molecule has 0 aliphatic heterocycles. The molecule has 120 valence electrons. The number of carbonyl (C=O) groups is 2. The van der Waals surface area contributed by atoms with Gasteiger partial charge in [0.15, 0.2) is 5.78 Å². The van der Waals surface area contributed by atoms with Crippen molar-refractivity contribution in [3.05, 3.63) is 54.1 Å². The van der Waals surface area contributed by atoms with Crippen LogP contribution in [0.4, 0.5) is 11.4 Å². The largest absolute Gasteiger partial charge is 0.497 e. The summed E-state index contributed by atoms with van der Waals surface area (Å²) in [4.78, 5) is 23.4. The van der Waals surface area contributed by atoms with Crippen molar-refractivity contribution in [3.63, 3.8) is 0 Å². The topological polar surface area (TPSA) is 67.4 Å². The van der Waals surface area contributed by atoms with Gasteiger partial charge in [-0.2, -0.15) is 0 Å². The van der Waals surface area contributed by atoms with Gasteiger partial charge in [-0.15, -0.1) is 0 Å². The summed E-state index contributed by atoms with van der Waals surface area (Å²) in [5.41, 5.74) is 2.11. The zero-order valence-electron chi connectivity index (χ0n) is 13.4. The lowest BCUT2D eigenvalue weighted by molar-refractivity contribution is -0.116. The predicted octanol–water partition coefficient (Wildman–Crippen LogP) is 3.34. The van der Waals surface area contributed by atoms with Crippen LogP contribution >= 0.6 is 0 Å². The molecule has 0 aromatic heterocycles. The van der Waals surface area contributed by atoms with Crippen molar-refractivity contribution in [3.8, 4) is 5.75 Å². The Balaban J connectivity index is 1.94. The van der Waals surface area contributed by atoms with Crippen LogP contribution in [0.5, 0.6) is 5.75 Å². The SMILES string of the molecule is COc1ccc(N[C@@H](C)C(=O)Nc2ccc(C(C)=O)cc2)cc1. The molecule has 0 unspecified atom stereocenters. The Kier molecular flexibility index (Phi) is 5.36. The Bertz CT molecular complexity index is 678. The van der Waals surface area contributed by atoms with Gasteiger partial charge in [-0.05, 0) is 62.4 Å². The molecular weight excluding hydrogens is 292 g/mol. The highest BCUT2D eigenvalue weighted by molar-refractivity contribution is 5.97. The number of benzene rings is 2. The van der Waals surface area contributed by atoms with Gasteiger partial charge in [0, 0.05) is 16.9 Å². The van der Waals surface area contributed by atoms with Crippen molar-refractivity contribution in [2.75, 3.05) is 17.7 Å². The molecule has 2 rings (SSSR count). The van der Waals surface area contributed by atoms with Crippen LogP contribution in [0.25, 0.3) is 0 Å². The molecule has 0 heterocycles. The number of hydrogen-bond acceptors (Lipinski definition) is 4. The van der Waals surface area contributed by atoms with Crippen LogP contribution in [0, 0.1) is 0 Å². The number of anilines is 2. The van der Waals surface area contributed by atoms with E-state index >= 15 is 0 Å². The highest BCUT2D eigenvalue weighted by Gasteiger charge is 2.13. The number of Topliss-reactive ketones (excluding diaryl/α,β-unsaturated/α-hetero) is 1. The van der Waals surface area contributed by atoms with Gasteiger partial charge in [-0.25, -0.2) is 0 Å². The van der Waals surface area contributed by atoms with Crippen LogP contribution in [0.3, 0.4) is 0 Å². The summed E-state index contributed by atoms with van der Waals surface area (Å²) in [6.45, 7) is 3.29. The van der Waals surface area contributed by atoms with Crippen molar-refractivity contribution in [1.29, 1.82) is 0 Å². The fourth-order valence-electron chi connectivity index (χ4n) is 2.04. The number of methoxy groups -OCH3 is 1. The van der Waals surface area contributed by atoms with Crippen LogP contribution < -0.4 is 15.4 Å². The van der Waals surface area contributed by atoms with Gasteiger partial charge < -0.3 is 15.4 Å². The molecule has 1 atom stereocenters. The van der Waals surface area contributed by atoms with Crippen LogP contribution in [0.15, 0.2) is 48.5 Å². The minimum Gasteiger partial charge on any atom is -0.497 e. The van der Waals surface area contributed by atoms with E-state index in [-0.39, 0.29) is 11.7 Å². The molecule has 0 aliphatic carbocycles. The van der Waals surface area contributed by atoms with E-state index in [0.29, 0.717) is 11.3 Å². The molecule has 5 heteroatoms. The van der Waals surface area contributed by atoms with Gasteiger partial charge in [0.05, 0.1) is 7.11 Å². The Hall–Kier alpha value is -2.82. The third kappa shape index (κ3) is 4.57. The second-order valence-corrected chi connectivity index (χ2v) is 5.22. The monoisotopic (exact) mass is 312 g/mol. The van der Waals surface area contributed by atoms with Gasteiger partial charge in [0.1, 0.15) is 11.8 Å². The Labute approximate surface area is 135 Å². The quantitative estimate of drug-likeness (QED) is 0.803. The number of hydrogen-bond donors (Lipinski definition) is 2. The maximum absolute atomic E-state index is 12.2. The maximum atomic E-state index is 12.2. The summed E-state index contributed by atoms with van der Waals surface area (Å²) in [5.74, 6) is 0.604. The van der Waals surface area contributed by atoms with E-state index in [1.807, 2.05) is 24.3 Å². The molecule has 0 bridgehead atoms. The van der Waals surface area contributed by atoms with Gasteiger partial charge in [-0.3, -0.25) is 9.59 Å². The van der Waals surface area contributed by atoms with Crippen LogP contribution in [0.1, 0.15) is 24.2 Å². The first kappa shape index (κ1) is 16.5. The van der Waals surface area contributed by atoms with Gasteiger partial charge >= 0.3 is 0 Å². The third-order valence-electron chi connectivity index (χ3n) is 3.43. The summed E-state index contributed by atoms with van der Waals surface area (Å²) >= 11 is 0. The summed E-state index contributed by atoms with van der Waals surface area (Å²) < 4.78 is 5.10.